The Morgan fingerprint density at radius 1 is 1.29 bits per heavy atom. The minimum atomic E-state index is -0.676. The van der Waals surface area contributed by atoms with E-state index in [2.05, 4.69) is 22.4 Å². The fourth-order valence-corrected chi connectivity index (χ4v) is 1.73. The first kappa shape index (κ1) is 12.0. The van der Waals surface area contributed by atoms with Crippen LogP contribution in [0.3, 0.4) is 0 Å². The summed E-state index contributed by atoms with van der Waals surface area (Å²) in [6.07, 6.45) is 1.87. The molecule has 3 nitrogen and oxygen atoms in total. The predicted octanol–water partition coefficient (Wildman–Crippen LogP) is 2.10. The molecule has 1 aromatic heterocycles. The number of nitrogens with zero attached hydrogens (tertiary/aromatic N) is 1. The summed E-state index contributed by atoms with van der Waals surface area (Å²) in [6, 6.07) is 10.2. The van der Waals surface area contributed by atoms with Gasteiger partial charge in [-0.05, 0) is 31.5 Å². The topological polar surface area (TPSA) is 45.1 Å². The Morgan fingerprint density at radius 3 is 2.82 bits per heavy atom. The van der Waals surface area contributed by atoms with Crippen LogP contribution in [0.25, 0.3) is 10.9 Å². The molecule has 2 aromatic rings. The maximum absolute atomic E-state index is 9.59. The number of benzene rings is 1. The van der Waals surface area contributed by atoms with Gasteiger partial charge >= 0.3 is 0 Å². The lowest BCUT2D eigenvalue weighted by molar-refractivity contribution is 0.0795. The molecule has 1 heterocycles. The normalized spacial score (nSPS) is 11.9. The van der Waals surface area contributed by atoms with Crippen LogP contribution in [0, 0.1) is 0 Å². The first-order chi connectivity index (χ1) is 8.04. The molecule has 0 fully saturated rings. The molecule has 0 radical (unpaired) electrons. The quantitative estimate of drug-likeness (QED) is 0.845. The fraction of sp³-hybridized carbons (Fsp3) is 0.357. The largest absolute Gasteiger partial charge is 0.389 e. The number of hydrogen-bond acceptors (Lipinski definition) is 3. The molecule has 0 saturated heterocycles. The van der Waals surface area contributed by atoms with Gasteiger partial charge in [0.15, 0.2) is 0 Å². The second-order valence-electron chi connectivity index (χ2n) is 4.95. The molecule has 0 aliphatic heterocycles. The van der Waals surface area contributed by atoms with Crippen LogP contribution in [0.15, 0.2) is 36.5 Å². The van der Waals surface area contributed by atoms with Crippen molar-refractivity contribution >= 4 is 10.9 Å². The highest BCUT2D eigenvalue weighted by Crippen LogP contribution is 2.12. The van der Waals surface area contributed by atoms with Gasteiger partial charge in [0.25, 0.3) is 0 Å². The van der Waals surface area contributed by atoms with Crippen LogP contribution in [0.5, 0.6) is 0 Å². The van der Waals surface area contributed by atoms with Crippen LogP contribution in [0.1, 0.15) is 19.4 Å². The second-order valence-corrected chi connectivity index (χ2v) is 4.95. The number of fused-ring (bicyclic) bond motifs is 1. The molecule has 0 bridgehead atoms. The second kappa shape index (κ2) is 4.82. The smallest absolute Gasteiger partial charge is 0.0715 e. The summed E-state index contributed by atoms with van der Waals surface area (Å²) in [5.74, 6) is 0. The van der Waals surface area contributed by atoms with E-state index in [1.165, 1.54) is 0 Å². The van der Waals surface area contributed by atoms with Crippen molar-refractivity contribution in [1.29, 1.82) is 0 Å². The Kier molecular flexibility index (Phi) is 3.41. The molecule has 0 unspecified atom stereocenters. The number of aromatic nitrogens is 1. The Morgan fingerprint density at radius 2 is 2.06 bits per heavy atom. The lowest BCUT2D eigenvalue weighted by Gasteiger charge is -2.17. The lowest BCUT2D eigenvalue weighted by Crippen LogP contribution is -2.34. The maximum atomic E-state index is 9.59. The SMILES string of the molecule is CC(C)(O)CNCc1cnc2ccccc2c1. The van der Waals surface area contributed by atoms with Gasteiger partial charge in [-0.15, -0.1) is 0 Å². The monoisotopic (exact) mass is 230 g/mol. The maximum Gasteiger partial charge on any atom is 0.0715 e. The molecule has 0 spiro atoms. The fourth-order valence-electron chi connectivity index (χ4n) is 1.73. The van der Waals surface area contributed by atoms with Gasteiger partial charge in [0.2, 0.25) is 0 Å². The summed E-state index contributed by atoms with van der Waals surface area (Å²) in [6.45, 7) is 4.87. The molecule has 0 atom stereocenters. The van der Waals surface area contributed by atoms with Gasteiger partial charge < -0.3 is 10.4 Å². The molecule has 0 saturated carbocycles. The van der Waals surface area contributed by atoms with Crippen molar-refractivity contribution in [2.45, 2.75) is 26.0 Å². The molecule has 0 aliphatic rings. The molecular formula is C14H18N2O. The highest BCUT2D eigenvalue weighted by Gasteiger charge is 2.10. The number of rotatable bonds is 4. The molecule has 17 heavy (non-hydrogen) atoms. The Balaban J connectivity index is 2.04. The molecular weight excluding hydrogens is 212 g/mol. The first-order valence-corrected chi connectivity index (χ1v) is 5.81. The Bertz CT molecular complexity index is 503. The van der Waals surface area contributed by atoms with E-state index in [4.69, 9.17) is 0 Å². The number of hydrogen-bond donors (Lipinski definition) is 2. The third-order valence-corrected chi connectivity index (χ3v) is 2.53. The van der Waals surface area contributed by atoms with Gasteiger partial charge in [-0.2, -0.15) is 0 Å². The average molecular weight is 230 g/mol. The van der Waals surface area contributed by atoms with Crippen LogP contribution < -0.4 is 5.32 Å². The van der Waals surface area contributed by atoms with Crippen molar-refractivity contribution in [3.05, 3.63) is 42.1 Å². The van der Waals surface area contributed by atoms with Crippen LogP contribution >= 0.6 is 0 Å². The molecule has 90 valence electrons. The van der Waals surface area contributed by atoms with Gasteiger partial charge in [-0.1, -0.05) is 18.2 Å². The van der Waals surface area contributed by atoms with E-state index < -0.39 is 5.60 Å². The van der Waals surface area contributed by atoms with Crippen LogP contribution in [-0.4, -0.2) is 22.2 Å². The number of pyridine rings is 1. The molecule has 0 aliphatic carbocycles. The van der Waals surface area contributed by atoms with E-state index in [-0.39, 0.29) is 0 Å². The van der Waals surface area contributed by atoms with E-state index in [1.54, 1.807) is 13.8 Å². The molecule has 2 rings (SSSR count). The summed E-state index contributed by atoms with van der Waals surface area (Å²) in [4.78, 5) is 4.39. The van der Waals surface area contributed by atoms with Gasteiger partial charge in [-0.3, -0.25) is 4.98 Å². The zero-order valence-corrected chi connectivity index (χ0v) is 10.3. The van der Waals surface area contributed by atoms with Crippen molar-refractivity contribution in [3.8, 4) is 0 Å². The Hall–Kier alpha value is -1.45. The number of aliphatic hydroxyl groups is 1. The highest BCUT2D eigenvalue weighted by atomic mass is 16.3. The molecule has 1 aromatic carbocycles. The third-order valence-electron chi connectivity index (χ3n) is 2.53. The first-order valence-electron chi connectivity index (χ1n) is 5.81. The van der Waals surface area contributed by atoms with Crippen LogP contribution in [-0.2, 0) is 6.54 Å². The minimum absolute atomic E-state index is 0.569. The van der Waals surface area contributed by atoms with E-state index in [0.29, 0.717) is 6.54 Å². The van der Waals surface area contributed by atoms with Crippen molar-refractivity contribution in [2.24, 2.45) is 0 Å². The molecule has 0 amide bonds. The van der Waals surface area contributed by atoms with Crippen LogP contribution in [0.4, 0.5) is 0 Å². The minimum Gasteiger partial charge on any atom is -0.389 e. The number of para-hydroxylation sites is 1. The van der Waals surface area contributed by atoms with E-state index in [1.807, 2.05) is 24.4 Å². The van der Waals surface area contributed by atoms with Crippen molar-refractivity contribution in [3.63, 3.8) is 0 Å². The lowest BCUT2D eigenvalue weighted by atomic mass is 10.1. The standard InChI is InChI=1S/C14H18N2O/c1-14(2,17)10-15-8-11-7-12-5-3-4-6-13(12)16-9-11/h3-7,9,15,17H,8,10H2,1-2H3. The van der Waals surface area contributed by atoms with Gasteiger partial charge in [-0.25, -0.2) is 0 Å². The van der Waals surface area contributed by atoms with Gasteiger partial charge in [0.05, 0.1) is 11.1 Å². The van der Waals surface area contributed by atoms with Gasteiger partial charge in [0.1, 0.15) is 0 Å². The van der Waals surface area contributed by atoms with Crippen molar-refractivity contribution in [1.82, 2.24) is 10.3 Å². The van der Waals surface area contributed by atoms with Crippen LogP contribution in [0.2, 0.25) is 0 Å². The summed E-state index contributed by atoms with van der Waals surface area (Å²) in [7, 11) is 0. The van der Waals surface area contributed by atoms with E-state index >= 15 is 0 Å². The highest BCUT2D eigenvalue weighted by molar-refractivity contribution is 5.78. The summed E-state index contributed by atoms with van der Waals surface area (Å²) >= 11 is 0. The summed E-state index contributed by atoms with van der Waals surface area (Å²) in [5, 5.41) is 14.0. The van der Waals surface area contributed by atoms with E-state index in [0.717, 1.165) is 23.0 Å². The third kappa shape index (κ3) is 3.51. The average Bonchev–Trinajstić information content (AvgIpc) is 2.27. The zero-order chi connectivity index (χ0) is 12.3. The summed E-state index contributed by atoms with van der Waals surface area (Å²) < 4.78 is 0. The predicted molar refractivity (Wildman–Crippen MR) is 69.7 cm³/mol. The van der Waals surface area contributed by atoms with Crippen molar-refractivity contribution in [2.75, 3.05) is 6.54 Å². The Labute approximate surface area is 102 Å². The van der Waals surface area contributed by atoms with Gasteiger partial charge in [0, 0.05) is 24.7 Å². The summed E-state index contributed by atoms with van der Waals surface area (Å²) in [5.41, 5.74) is 1.47. The number of nitrogens with one attached hydrogen (secondary N) is 1. The molecule has 2 N–H and O–H groups in total. The van der Waals surface area contributed by atoms with E-state index in [9.17, 15) is 5.11 Å². The van der Waals surface area contributed by atoms with Crippen molar-refractivity contribution < 1.29 is 5.11 Å². The molecule has 3 heteroatoms. The zero-order valence-electron chi connectivity index (χ0n) is 10.3.